The van der Waals surface area contributed by atoms with Crippen molar-refractivity contribution in [3.8, 4) is 11.3 Å². The lowest BCUT2D eigenvalue weighted by atomic mass is 9.85. The molecule has 0 aliphatic heterocycles. The lowest BCUT2D eigenvalue weighted by Crippen LogP contribution is -2.31. The monoisotopic (exact) mass is 442 g/mol. The summed E-state index contributed by atoms with van der Waals surface area (Å²) >= 11 is 0. The standard InChI is InChI=1S/C26H30N6O/c1-16(33)20-13-27-23-11-10-21(18-6-9-22-24(12-18)29-15-28-22)31-26(23)25(20)30-19-7-4-17(5-8-19)14-32(2)3/h6,9-13,15,17,19H,4-5,7-8,14H2,1-3H3,(H,27,30)(H,28,29)/t17-,19-. The van der Waals surface area contributed by atoms with E-state index in [-0.39, 0.29) is 5.78 Å². The van der Waals surface area contributed by atoms with Crippen molar-refractivity contribution in [1.82, 2.24) is 24.8 Å². The van der Waals surface area contributed by atoms with Crippen LogP contribution in [0.25, 0.3) is 33.3 Å². The van der Waals surface area contributed by atoms with E-state index in [2.05, 4.69) is 39.3 Å². The van der Waals surface area contributed by atoms with Crippen molar-refractivity contribution in [1.29, 1.82) is 0 Å². The van der Waals surface area contributed by atoms with E-state index < -0.39 is 0 Å². The minimum atomic E-state index is -0.00154. The molecule has 0 spiro atoms. The highest BCUT2D eigenvalue weighted by Crippen LogP contribution is 2.32. The van der Waals surface area contributed by atoms with Crippen LogP contribution in [0.15, 0.2) is 42.9 Å². The Morgan fingerprint density at radius 1 is 1.09 bits per heavy atom. The van der Waals surface area contributed by atoms with Gasteiger partial charge in [0.25, 0.3) is 0 Å². The fourth-order valence-corrected chi connectivity index (χ4v) is 4.94. The average Bonchev–Trinajstić information content (AvgIpc) is 3.27. The summed E-state index contributed by atoms with van der Waals surface area (Å²) in [4.78, 5) is 31.7. The van der Waals surface area contributed by atoms with Crippen LogP contribution in [0, 0.1) is 5.92 Å². The van der Waals surface area contributed by atoms with Crippen LogP contribution in [0.3, 0.4) is 0 Å². The van der Waals surface area contributed by atoms with Crippen molar-refractivity contribution in [2.75, 3.05) is 26.0 Å². The maximum absolute atomic E-state index is 12.5. The fourth-order valence-electron chi connectivity index (χ4n) is 4.94. The molecule has 0 unspecified atom stereocenters. The third-order valence-corrected chi connectivity index (χ3v) is 6.63. The summed E-state index contributed by atoms with van der Waals surface area (Å²) in [6, 6.07) is 10.4. The van der Waals surface area contributed by atoms with Crippen LogP contribution in [-0.2, 0) is 0 Å². The molecule has 1 fully saturated rings. The number of hydrogen-bond donors (Lipinski definition) is 2. The number of hydrogen-bond acceptors (Lipinski definition) is 6. The van der Waals surface area contributed by atoms with Crippen LogP contribution in [-0.4, -0.2) is 57.3 Å². The first-order chi connectivity index (χ1) is 16.0. The van der Waals surface area contributed by atoms with E-state index in [1.165, 1.54) is 12.8 Å². The average molecular weight is 443 g/mol. The van der Waals surface area contributed by atoms with Gasteiger partial charge < -0.3 is 15.2 Å². The highest BCUT2D eigenvalue weighted by molar-refractivity contribution is 6.06. The number of Topliss-reactive ketones (excluding diaryl/α,β-unsaturated/α-hetero) is 1. The molecule has 7 heteroatoms. The Labute approximate surface area is 193 Å². The van der Waals surface area contributed by atoms with Crippen molar-refractivity contribution in [2.24, 2.45) is 5.92 Å². The Balaban J connectivity index is 1.50. The second-order valence-corrected chi connectivity index (χ2v) is 9.43. The number of ketones is 1. The van der Waals surface area contributed by atoms with Crippen molar-refractivity contribution in [3.05, 3.63) is 48.4 Å². The first-order valence-corrected chi connectivity index (χ1v) is 11.6. The lowest BCUT2D eigenvalue weighted by Gasteiger charge is -2.31. The number of anilines is 1. The van der Waals surface area contributed by atoms with Crippen LogP contribution in [0.2, 0.25) is 0 Å². The molecular weight excluding hydrogens is 412 g/mol. The van der Waals surface area contributed by atoms with Crippen molar-refractivity contribution >= 4 is 33.5 Å². The largest absolute Gasteiger partial charge is 0.380 e. The highest BCUT2D eigenvalue weighted by Gasteiger charge is 2.24. The van der Waals surface area contributed by atoms with Gasteiger partial charge in [-0.2, -0.15) is 0 Å². The number of nitrogens with one attached hydrogen (secondary N) is 2. The third-order valence-electron chi connectivity index (χ3n) is 6.63. The van der Waals surface area contributed by atoms with E-state index >= 15 is 0 Å². The molecule has 0 radical (unpaired) electrons. The molecule has 33 heavy (non-hydrogen) atoms. The van der Waals surface area contributed by atoms with E-state index in [0.717, 1.165) is 64.3 Å². The Bertz CT molecular complexity index is 1300. The third kappa shape index (κ3) is 4.46. The number of imidazole rings is 1. The van der Waals surface area contributed by atoms with Crippen molar-refractivity contribution in [3.63, 3.8) is 0 Å². The Morgan fingerprint density at radius 3 is 2.67 bits per heavy atom. The molecular formula is C26H30N6O. The molecule has 1 saturated carbocycles. The van der Waals surface area contributed by atoms with Gasteiger partial charge in [0.05, 0.1) is 39.8 Å². The molecule has 5 rings (SSSR count). The van der Waals surface area contributed by atoms with Gasteiger partial charge in [0.2, 0.25) is 0 Å². The number of carbonyl (C=O) groups is 1. The van der Waals surface area contributed by atoms with E-state index in [1.807, 2.05) is 30.3 Å². The zero-order valence-electron chi connectivity index (χ0n) is 19.4. The topological polar surface area (TPSA) is 86.8 Å². The molecule has 1 aliphatic rings. The van der Waals surface area contributed by atoms with Gasteiger partial charge in [-0.3, -0.25) is 9.78 Å². The smallest absolute Gasteiger partial charge is 0.163 e. The van der Waals surface area contributed by atoms with Crippen LogP contribution in [0.1, 0.15) is 43.0 Å². The highest BCUT2D eigenvalue weighted by atomic mass is 16.1. The number of rotatable bonds is 6. The summed E-state index contributed by atoms with van der Waals surface area (Å²) < 4.78 is 0. The van der Waals surface area contributed by atoms with Gasteiger partial charge in [-0.1, -0.05) is 6.07 Å². The minimum absolute atomic E-state index is 0.00154. The maximum atomic E-state index is 12.5. The van der Waals surface area contributed by atoms with Crippen LogP contribution in [0.4, 0.5) is 5.69 Å². The van der Waals surface area contributed by atoms with Gasteiger partial charge in [-0.25, -0.2) is 9.97 Å². The second-order valence-electron chi connectivity index (χ2n) is 9.43. The van der Waals surface area contributed by atoms with Crippen LogP contribution in [0.5, 0.6) is 0 Å². The van der Waals surface area contributed by atoms with Gasteiger partial charge in [-0.05, 0) is 76.9 Å². The first-order valence-electron chi connectivity index (χ1n) is 11.6. The molecule has 0 bridgehead atoms. The van der Waals surface area contributed by atoms with E-state index in [0.29, 0.717) is 11.6 Å². The molecule has 170 valence electrons. The zero-order chi connectivity index (χ0) is 22.9. The summed E-state index contributed by atoms with van der Waals surface area (Å²) in [5.41, 5.74) is 6.67. The molecule has 0 saturated heterocycles. The summed E-state index contributed by atoms with van der Waals surface area (Å²) in [5, 5.41) is 3.70. The first kappa shape index (κ1) is 21.5. The van der Waals surface area contributed by atoms with Crippen molar-refractivity contribution < 1.29 is 4.79 Å². The number of H-pyrrole nitrogens is 1. The van der Waals surface area contributed by atoms with Crippen LogP contribution >= 0.6 is 0 Å². The molecule has 3 heterocycles. The Hall–Kier alpha value is -3.32. The molecule has 0 amide bonds. The fraction of sp³-hybridized carbons (Fsp3) is 0.385. The summed E-state index contributed by atoms with van der Waals surface area (Å²) in [7, 11) is 4.28. The molecule has 1 aromatic carbocycles. The number of carbonyl (C=O) groups excluding carboxylic acids is 1. The molecule has 2 N–H and O–H groups in total. The summed E-state index contributed by atoms with van der Waals surface area (Å²) in [6.07, 6.45) is 7.94. The van der Waals surface area contributed by atoms with Gasteiger partial charge in [0.1, 0.15) is 5.52 Å². The van der Waals surface area contributed by atoms with Gasteiger partial charge in [0, 0.05) is 24.3 Å². The SMILES string of the molecule is CC(=O)c1cnc2ccc(-c3ccc4[nH]cnc4c3)nc2c1N[C@H]1CC[C@H](CN(C)C)CC1. The Kier molecular flexibility index (Phi) is 5.81. The summed E-state index contributed by atoms with van der Waals surface area (Å²) in [6.45, 7) is 2.73. The van der Waals surface area contributed by atoms with Gasteiger partial charge in [0.15, 0.2) is 5.78 Å². The van der Waals surface area contributed by atoms with Crippen molar-refractivity contribution in [2.45, 2.75) is 38.6 Å². The van der Waals surface area contributed by atoms with Gasteiger partial charge >= 0.3 is 0 Å². The quantitative estimate of drug-likeness (QED) is 0.413. The van der Waals surface area contributed by atoms with E-state index in [4.69, 9.17) is 4.98 Å². The zero-order valence-corrected chi connectivity index (χ0v) is 19.4. The molecule has 1 aliphatic carbocycles. The second kappa shape index (κ2) is 8.90. The number of benzene rings is 1. The predicted molar refractivity (Wildman–Crippen MR) is 133 cm³/mol. The normalized spacial score (nSPS) is 18.8. The number of nitrogens with zero attached hydrogens (tertiary/aromatic N) is 4. The maximum Gasteiger partial charge on any atom is 0.163 e. The van der Waals surface area contributed by atoms with E-state index in [9.17, 15) is 4.79 Å². The van der Waals surface area contributed by atoms with E-state index in [1.54, 1.807) is 19.4 Å². The van der Waals surface area contributed by atoms with Gasteiger partial charge in [-0.15, -0.1) is 0 Å². The molecule has 4 aromatic rings. The molecule has 3 aromatic heterocycles. The molecule has 7 nitrogen and oxygen atoms in total. The minimum Gasteiger partial charge on any atom is -0.380 e. The number of fused-ring (bicyclic) bond motifs is 2. The molecule has 0 atom stereocenters. The lowest BCUT2D eigenvalue weighted by molar-refractivity contribution is 0.101. The number of aromatic nitrogens is 4. The summed E-state index contributed by atoms with van der Waals surface area (Å²) in [5.74, 6) is 0.736. The Morgan fingerprint density at radius 2 is 1.91 bits per heavy atom. The number of pyridine rings is 2. The van der Waals surface area contributed by atoms with Crippen LogP contribution < -0.4 is 5.32 Å². The number of aromatic amines is 1. The predicted octanol–water partition coefficient (Wildman–Crippen LogP) is 4.91.